The Morgan fingerprint density at radius 2 is 1.96 bits per heavy atom. The molecule has 1 fully saturated rings. The van der Waals surface area contributed by atoms with Crippen LogP contribution < -0.4 is 5.32 Å². The predicted molar refractivity (Wildman–Crippen MR) is 88.9 cm³/mol. The highest BCUT2D eigenvalue weighted by atomic mass is 32.2. The van der Waals surface area contributed by atoms with Crippen molar-refractivity contribution in [3.05, 3.63) is 46.9 Å². The molecule has 1 aromatic rings. The van der Waals surface area contributed by atoms with Crippen molar-refractivity contribution in [1.82, 2.24) is 5.32 Å². The lowest BCUT2D eigenvalue weighted by Gasteiger charge is -2.08. The molecule has 120 valence electrons. The maximum absolute atomic E-state index is 11.9. The fraction of sp³-hybridized carbons (Fsp3) is 0.389. The molecule has 0 bridgehead atoms. The average molecular weight is 329 g/mol. The highest BCUT2D eigenvalue weighted by Crippen LogP contribution is 2.27. The molecule has 1 saturated carbocycles. The topological polar surface area (TPSA) is 63.2 Å². The fourth-order valence-corrected chi connectivity index (χ4v) is 3.80. The van der Waals surface area contributed by atoms with Gasteiger partial charge in [-0.1, -0.05) is 30.0 Å². The van der Waals surface area contributed by atoms with Crippen LogP contribution in [0.1, 0.15) is 30.4 Å². The van der Waals surface area contributed by atoms with Crippen molar-refractivity contribution < 1.29 is 13.2 Å². The summed E-state index contributed by atoms with van der Waals surface area (Å²) in [6, 6.07) is 7.83. The molecule has 0 saturated heterocycles. The third-order valence-electron chi connectivity index (χ3n) is 3.89. The van der Waals surface area contributed by atoms with Crippen molar-refractivity contribution in [2.75, 3.05) is 5.75 Å². The van der Waals surface area contributed by atoms with Crippen LogP contribution in [0.15, 0.2) is 35.7 Å². The van der Waals surface area contributed by atoms with Gasteiger partial charge in [-0.25, -0.2) is 8.42 Å². The van der Waals surface area contributed by atoms with Gasteiger partial charge in [0.25, 0.3) is 0 Å². The fourth-order valence-electron chi connectivity index (χ4n) is 2.40. The molecule has 2 aliphatic rings. The zero-order valence-electron chi connectivity index (χ0n) is 12.8. The van der Waals surface area contributed by atoms with E-state index < -0.39 is 9.84 Å². The van der Waals surface area contributed by atoms with E-state index in [9.17, 15) is 13.2 Å². The van der Waals surface area contributed by atoms with Crippen LogP contribution in [0.25, 0.3) is 0 Å². The number of rotatable bonds is 4. The third-order valence-corrected chi connectivity index (χ3v) is 5.36. The van der Waals surface area contributed by atoms with Crippen molar-refractivity contribution in [2.45, 2.75) is 25.8 Å². The van der Waals surface area contributed by atoms with Gasteiger partial charge in [-0.2, -0.15) is 0 Å². The lowest BCUT2D eigenvalue weighted by atomic mass is 10.1. The highest BCUT2D eigenvalue weighted by molar-refractivity contribution is 7.94. The van der Waals surface area contributed by atoms with E-state index in [-0.39, 0.29) is 24.0 Å². The summed E-state index contributed by atoms with van der Waals surface area (Å²) in [7, 11) is -3.09. The first-order chi connectivity index (χ1) is 11.0. The molecule has 1 aliphatic heterocycles. The first kappa shape index (κ1) is 15.8. The van der Waals surface area contributed by atoms with E-state index in [2.05, 4.69) is 17.2 Å². The molecule has 1 heterocycles. The summed E-state index contributed by atoms with van der Waals surface area (Å²) in [6.07, 6.45) is 4.24. The summed E-state index contributed by atoms with van der Waals surface area (Å²) in [4.78, 5) is 11.9. The van der Waals surface area contributed by atoms with E-state index in [0.717, 1.165) is 11.1 Å². The monoisotopic (exact) mass is 329 g/mol. The second-order valence-electron chi connectivity index (χ2n) is 6.14. The van der Waals surface area contributed by atoms with E-state index in [1.165, 1.54) is 18.2 Å². The van der Waals surface area contributed by atoms with Crippen LogP contribution >= 0.6 is 0 Å². The Kier molecular flexibility index (Phi) is 4.53. The van der Waals surface area contributed by atoms with Crippen LogP contribution in [0.2, 0.25) is 0 Å². The largest absolute Gasteiger partial charge is 0.352 e. The first-order valence-corrected chi connectivity index (χ1v) is 9.50. The Morgan fingerprint density at radius 1 is 1.22 bits per heavy atom. The molecule has 3 rings (SSSR count). The van der Waals surface area contributed by atoms with E-state index in [4.69, 9.17) is 0 Å². The summed E-state index contributed by atoms with van der Waals surface area (Å²) in [5.74, 6) is 6.65. The molecule has 4 nitrogen and oxygen atoms in total. The Balaban J connectivity index is 1.45. The smallest absolute Gasteiger partial charge is 0.220 e. The number of hydrogen-bond acceptors (Lipinski definition) is 3. The number of carbonyl (C=O) groups excluding carboxylic acids is 1. The Hall–Kier alpha value is -2.06. The van der Waals surface area contributed by atoms with Gasteiger partial charge in [0.15, 0.2) is 9.84 Å². The average Bonchev–Trinajstić information content (AvgIpc) is 3.28. The van der Waals surface area contributed by atoms with Crippen LogP contribution in [-0.2, 0) is 21.2 Å². The maximum Gasteiger partial charge on any atom is 0.220 e. The zero-order chi connectivity index (χ0) is 16.3. The molecule has 1 atom stereocenters. The molecule has 23 heavy (non-hydrogen) atoms. The molecule has 1 aromatic carbocycles. The molecule has 1 amide bonds. The Labute approximate surface area is 136 Å². The van der Waals surface area contributed by atoms with Crippen LogP contribution in [0.5, 0.6) is 0 Å². The standard InChI is InChI=1S/C18H19NO3S/c20-18(11-17-9-10-23(21,22)13-17)19-12-16-7-5-15(6-8-16)4-3-14-1-2-14/h5-10,14,17H,1-2,11-13H2,(H,19,20). The quantitative estimate of drug-likeness (QED) is 0.860. The van der Waals surface area contributed by atoms with Crippen molar-refractivity contribution in [3.8, 4) is 11.8 Å². The van der Waals surface area contributed by atoms with E-state index >= 15 is 0 Å². The minimum Gasteiger partial charge on any atom is -0.352 e. The number of allylic oxidation sites excluding steroid dienone is 1. The van der Waals surface area contributed by atoms with Gasteiger partial charge in [0.1, 0.15) is 0 Å². The summed E-state index contributed by atoms with van der Waals surface area (Å²) in [6.45, 7) is 0.443. The number of carbonyl (C=O) groups is 1. The molecule has 1 unspecified atom stereocenters. The molecule has 0 aromatic heterocycles. The molecule has 5 heteroatoms. The number of benzene rings is 1. The minimum absolute atomic E-state index is 0.0365. The van der Waals surface area contributed by atoms with E-state index in [1.54, 1.807) is 6.08 Å². The summed E-state index contributed by atoms with van der Waals surface area (Å²) < 4.78 is 22.6. The molecule has 0 spiro atoms. The summed E-state index contributed by atoms with van der Waals surface area (Å²) in [5.41, 5.74) is 2.00. The van der Waals surface area contributed by atoms with Gasteiger partial charge in [0.05, 0.1) is 5.75 Å². The number of hydrogen-bond donors (Lipinski definition) is 1. The Morgan fingerprint density at radius 3 is 2.57 bits per heavy atom. The van der Waals surface area contributed by atoms with Crippen molar-refractivity contribution >= 4 is 15.7 Å². The normalized spacial score (nSPS) is 21.5. The van der Waals surface area contributed by atoms with Gasteiger partial charge in [0.2, 0.25) is 5.91 Å². The molecule has 1 aliphatic carbocycles. The van der Waals surface area contributed by atoms with Crippen LogP contribution in [0, 0.1) is 23.7 Å². The second kappa shape index (κ2) is 6.59. The maximum atomic E-state index is 11.9. The predicted octanol–water partition coefficient (Wildman–Crippen LogP) is 2.01. The van der Waals surface area contributed by atoms with Gasteiger partial charge in [-0.3, -0.25) is 4.79 Å². The van der Waals surface area contributed by atoms with Crippen LogP contribution in [0.4, 0.5) is 0 Å². The second-order valence-corrected chi connectivity index (χ2v) is 8.07. The SMILES string of the molecule is O=C(CC1C=CS(=O)(=O)C1)NCc1ccc(C#CC2CC2)cc1. The van der Waals surface area contributed by atoms with Crippen molar-refractivity contribution in [3.63, 3.8) is 0 Å². The highest BCUT2D eigenvalue weighted by Gasteiger charge is 2.23. The van der Waals surface area contributed by atoms with E-state index in [1.807, 2.05) is 24.3 Å². The lowest BCUT2D eigenvalue weighted by Crippen LogP contribution is -2.25. The third kappa shape index (κ3) is 4.97. The van der Waals surface area contributed by atoms with Gasteiger partial charge in [0, 0.05) is 35.8 Å². The lowest BCUT2D eigenvalue weighted by molar-refractivity contribution is -0.121. The van der Waals surface area contributed by atoms with Gasteiger partial charge >= 0.3 is 0 Å². The molecule has 0 radical (unpaired) electrons. The molecule has 1 N–H and O–H groups in total. The van der Waals surface area contributed by atoms with Gasteiger partial charge < -0.3 is 5.32 Å². The van der Waals surface area contributed by atoms with Crippen LogP contribution in [0.3, 0.4) is 0 Å². The van der Waals surface area contributed by atoms with Crippen LogP contribution in [-0.4, -0.2) is 20.1 Å². The van der Waals surface area contributed by atoms with Crippen molar-refractivity contribution in [2.24, 2.45) is 11.8 Å². The van der Waals surface area contributed by atoms with Gasteiger partial charge in [-0.15, -0.1) is 0 Å². The zero-order valence-corrected chi connectivity index (χ0v) is 13.6. The molecular weight excluding hydrogens is 310 g/mol. The van der Waals surface area contributed by atoms with Gasteiger partial charge in [-0.05, 0) is 30.5 Å². The number of nitrogens with one attached hydrogen (secondary N) is 1. The van der Waals surface area contributed by atoms with E-state index in [0.29, 0.717) is 12.5 Å². The number of amides is 1. The summed E-state index contributed by atoms with van der Waals surface area (Å²) in [5, 5.41) is 4.03. The minimum atomic E-state index is -3.09. The molecular formula is C18H19NO3S. The Bertz CT molecular complexity index is 778. The first-order valence-electron chi connectivity index (χ1n) is 7.78. The van der Waals surface area contributed by atoms with Crippen molar-refractivity contribution in [1.29, 1.82) is 0 Å². The summed E-state index contributed by atoms with van der Waals surface area (Å²) >= 11 is 0. The number of sulfone groups is 1.